The largest absolute Gasteiger partial charge is 0.379 e. The monoisotopic (exact) mass is 638 g/mol. The van der Waals surface area contributed by atoms with Crippen LogP contribution in [-0.4, -0.2) is 64.5 Å². The molecule has 0 bridgehead atoms. The standard InChI is InChI=1S/C32H36F2N6O4S/c1-31(2,3)16-36-27(41)19-7-8-23-22(12-19)37-30(38-28(42)25-10-9-24(45-25)26(33)34)40(23)15-21-6-5-11-39(21)29(43)20(14-35)13-32(4)17-44-18-32/h7-10,12-13,21,26H,5-6,11,15-18H2,1-4H3,(H,36,41)(H,37,38,42)/b20-13+/t21-/m1/s1. The van der Waals surface area contributed by atoms with Crippen LogP contribution in [0.4, 0.5) is 14.7 Å². The second kappa shape index (κ2) is 12.7. The van der Waals surface area contributed by atoms with E-state index in [0.717, 1.165) is 6.42 Å². The van der Waals surface area contributed by atoms with Gasteiger partial charge in [0.15, 0.2) is 0 Å². The molecule has 0 radical (unpaired) electrons. The summed E-state index contributed by atoms with van der Waals surface area (Å²) >= 11 is 0.698. The number of nitrogens with zero attached hydrogens (tertiary/aromatic N) is 4. The van der Waals surface area contributed by atoms with Gasteiger partial charge in [0, 0.05) is 30.6 Å². The predicted molar refractivity (Wildman–Crippen MR) is 166 cm³/mol. The Hall–Kier alpha value is -4.15. The molecule has 238 valence electrons. The number of nitriles is 1. The number of carbonyl (C=O) groups excluding carboxylic acids is 3. The number of amides is 3. The van der Waals surface area contributed by atoms with Crippen LogP contribution < -0.4 is 10.6 Å². The Balaban J connectivity index is 1.46. The van der Waals surface area contributed by atoms with Gasteiger partial charge in [-0.15, -0.1) is 11.3 Å². The smallest absolute Gasteiger partial charge is 0.272 e. The quantitative estimate of drug-likeness (QED) is 0.234. The first-order chi connectivity index (χ1) is 21.3. The highest BCUT2D eigenvalue weighted by molar-refractivity contribution is 7.14. The number of nitrogens with one attached hydrogen (secondary N) is 2. The molecule has 10 nitrogen and oxygen atoms in total. The Labute approximate surface area is 264 Å². The van der Waals surface area contributed by atoms with E-state index in [2.05, 4.69) is 21.7 Å². The van der Waals surface area contributed by atoms with E-state index in [0.29, 0.717) is 60.7 Å². The maximum absolute atomic E-state index is 13.5. The molecule has 2 fully saturated rings. The third-order valence-corrected chi connectivity index (χ3v) is 8.91. The van der Waals surface area contributed by atoms with Gasteiger partial charge in [-0.05, 0) is 48.6 Å². The summed E-state index contributed by atoms with van der Waals surface area (Å²) in [5, 5.41) is 15.5. The summed E-state index contributed by atoms with van der Waals surface area (Å²) in [6.07, 6.45) is 0.385. The van der Waals surface area contributed by atoms with Crippen molar-refractivity contribution >= 4 is 46.0 Å². The van der Waals surface area contributed by atoms with Gasteiger partial charge in [-0.1, -0.05) is 33.8 Å². The summed E-state index contributed by atoms with van der Waals surface area (Å²) in [7, 11) is 0. The first kappa shape index (κ1) is 32.2. The van der Waals surface area contributed by atoms with Gasteiger partial charge < -0.3 is 19.5 Å². The normalized spacial score (nSPS) is 18.1. The zero-order chi connectivity index (χ0) is 32.5. The van der Waals surface area contributed by atoms with Crippen molar-refractivity contribution in [3.63, 3.8) is 0 Å². The van der Waals surface area contributed by atoms with Gasteiger partial charge in [0.05, 0.1) is 40.0 Å². The van der Waals surface area contributed by atoms with Crippen LogP contribution in [0.1, 0.15) is 71.9 Å². The fraction of sp³-hybridized carbons (Fsp3) is 0.469. The van der Waals surface area contributed by atoms with E-state index in [1.165, 1.54) is 12.1 Å². The summed E-state index contributed by atoms with van der Waals surface area (Å²) in [6.45, 7) is 10.0. The molecule has 0 aliphatic carbocycles. The van der Waals surface area contributed by atoms with Gasteiger partial charge >= 0.3 is 0 Å². The van der Waals surface area contributed by atoms with Crippen molar-refractivity contribution in [2.75, 3.05) is 31.6 Å². The lowest BCUT2D eigenvalue weighted by Gasteiger charge is -2.35. The number of fused-ring (bicyclic) bond motifs is 1. The number of anilines is 1. The summed E-state index contributed by atoms with van der Waals surface area (Å²) in [5.74, 6) is -1.07. The van der Waals surface area contributed by atoms with Crippen molar-refractivity contribution in [1.29, 1.82) is 5.26 Å². The zero-order valence-corrected chi connectivity index (χ0v) is 26.5. The molecule has 2 aromatic heterocycles. The molecule has 2 saturated heterocycles. The molecule has 13 heteroatoms. The lowest BCUT2D eigenvalue weighted by atomic mass is 9.86. The average Bonchev–Trinajstić information content (AvgIpc) is 3.72. The number of aromatic nitrogens is 2. The molecular formula is C32H36F2N6O4S. The number of benzene rings is 1. The van der Waals surface area contributed by atoms with Crippen molar-refractivity contribution in [2.24, 2.45) is 10.8 Å². The molecule has 45 heavy (non-hydrogen) atoms. The molecule has 3 amide bonds. The SMILES string of the molecule is CC(C)(C)CNC(=O)c1ccc2c(c1)nc(NC(=O)c1ccc(C(F)F)s1)n2C[C@H]1CCCN1C(=O)/C(C#N)=C/C1(C)COC1. The van der Waals surface area contributed by atoms with E-state index in [1.54, 1.807) is 33.7 Å². The average molecular weight is 639 g/mol. The number of hydrogen-bond donors (Lipinski definition) is 2. The van der Waals surface area contributed by atoms with Crippen molar-refractivity contribution in [3.8, 4) is 6.07 Å². The lowest BCUT2D eigenvalue weighted by molar-refractivity contribution is -0.128. The third-order valence-electron chi connectivity index (χ3n) is 7.82. The lowest BCUT2D eigenvalue weighted by Crippen LogP contribution is -2.41. The van der Waals surface area contributed by atoms with Crippen LogP contribution >= 0.6 is 11.3 Å². The highest BCUT2D eigenvalue weighted by atomic mass is 32.1. The molecular weight excluding hydrogens is 602 g/mol. The number of likely N-dealkylation sites (tertiary alicyclic amines) is 1. The molecule has 2 aliphatic rings. The second-order valence-electron chi connectivity index (χ2n) is 13.1. The van der Waals surface area contributed by atoms with Crippen LogP contribution in [0.25, 0.3) is 11.0 Å². The first-order valence-corrected chi connectivity index (χ1v) is 15.6. The van der Waals surface area contributed by atoms with Crippen molar-refractivity contribution < 1.29 is 27.9 Å². The van der Waals surface area contributed by atoms with Gasteiger partial charge in [-0.3, -0.25) is 19.7 Å². The van der Waals surface area contributed by atoms with Gasteiger partial charge in [0.25, 0.3) is 24.1 Å². The Morgan fingerprint density at radius 2 is 1.98 bits per heavy atom. The maximum Gasteiger partial charge on any atom is 0.272 e. The fourth-order valence-electron chi connectivity index (χ4n) is 5.41. The van der Waals surface area contributed by atoms with Gasteiger partial charge in [0.2, 0.25) is 5.95 Å². The molecule has 1 aromatic carbocycles. The van der Waals surface area contributed by atoms with Crippen LogP contribution in [0.3, 0.4) is 0 Å². The Morgan fingerprint density at radius 1 is 1.22 bits per heavy atom. The number of halogens is 2. The Morgan fingerprint density at radius 3 is 2.60 bits per heavy atom. The molecule has 4 heterocycles. The van der Waals surface area contributed by atoms with Crippen molar-refractivity contribution in [1.82, 2.24) is 19.8 Å². The summed E-state index contributed by atoms with van der Waals surface area (Å²) in [5.41, 5.74) is 1.04. The second-order valence-corrected chi connectivity index (χ2v) is 14.2. The molecule has 5 rings (SSSR count). The highest BCUT2D eigenvalue weighted by Gasteiger charge is 2.36. The maximum atomic E-state index is 13.5. The predicted octanol–water partition coefficient (Wildman–Crippen LogP) is 5.54. The molecule has 0 saturated carbocycles. The fourth-order valence-corrected chi connectivity index (χ4v) is 6.17. The van der Waals surface area contributed by atoms with E-state index >= 15 is 0 Å². The van der Waals surface area contributed by atoms with Gasteiger partial charge in [-0.2, -0.15) is 5.26 Å². The minimum absolute atomic E-state index is 0.0650. The molecule has 0 unspecified atom stereocenters. The number of ether oxygens (including phenoxy) is 1. The van der Waals surface area contributed by atoms with E-state index in [4.69, 9.17) is 4.74 Å². The molecule has 0 spiro atoms. The zero-order valence-electron chi connectivity index (χ0n) is 25.7. The van der Waals surface area contributed by atoms with Gasteiger partial charge in [-0.25, -0.2) is 13.8 Å². The van der Waals surface area contributed by atoms with Crippen molar-refractivity contribution in [3.05, 3.63) is 57.3 Å². The molecule has 2 aliphatic heterocycles. The Kier molecular flexibility index (Phi) is 9.09. The molecule has 1 atom stereocenters. The molecule has 3 aromatic rings. The first-order valence-electron chi connectivity index (χ1n) is 14.8. The summed E-state index contributed by atoms with van der Waals surface area (Å²) in [4.78, 5) is 45.8. The van der Waals surface area contributed by atoms with Crippen LogP contribution in [0.2, 0.25) is 0 Å². The topological polar surface area (TPSA) is 129 Å². The minimum Gasteiger partial charge on any atom is -0.379 e. The number of alkyl halides is 2. The van der Waals surface area contributed by atoms with E-state index in [1.807, 2.05) is 27.7 Å². The van der Waals surface area contributed by atoms with Crippen molar-refractivity contribution in [2.45, 2.75) is 59.5 Å². The van der Waals surface area contributed by atoms with Crippen LogP contribution in [0, 0.1) is 22.2 Å². The summed E-state index contributed by atoms with van der Waals surface area (Å²) in [6, 6.07) is 9.36. The number of rotatable bonds is 9. The molecule has 2 N–H and O–H groups in total. The van der Waals surface area contributed by atoms with Crippen LogP contribution in [-0.2, 0) is 16.1 Å². The van der Waals surface area contributed by atoms with Crippen LogP contribution in [0.5, 0.6) is 0 Å². The summed E-state index contributed by atoms with van der Waals surface area (Å²) < 4.78 is 33.4. The number of hydrogen-bond acceptors (Lipinski definition) is 7. The van der Waals surface area contributed by atoms with E-state index in [-0.39, 0.29) is 56.5 Å². The van der Waals surface area contributed by atoms with Gasteiger partial charge in [0.1, 0.15) is 11.6 Å². The van der Waals surface area contributed by atoms with E-state index < -0.39 is 12.3 Å². The van der Waals surface area contributed by atoms with E-state index in [9.17, 15) is 28.4 Å². The number of carbonyl (C=O) groups is 3. The van der Waals surface area contributed by atoms with Crippen LogP contribution in [0.15, 0.2) is 42.0 Å². The highest BCUT2D eigenvalue weighted by Crippen LogP contribution is 2.32. The number of imidazole rings is 1. The third kappa shape index (κ3) is 7.23. The minimum atomic E-state index is -2.69. The Bertz CT molecular complexity index is 1700. The number of thiophene rings is 1.